The number of nitrogens with one attached hydrogen (secondary N) is 1. The fraction of sp³-hybridized carbons (Fsp3) is 0.467. The third-order valence-corrected chi connectivity index (χ3v) is 2.62. The zero-order chi connectivity index (χ0) is 15.8. The lowest BCUT2D eigenvalue weighted by Gasteiger charge is -2.02. The Bertz CT molecular complexity index is 309. The standard InChI is InChI=1S/C8H9NO2S.C3H6.2C2H6/c1-3-4-5(2)6-7(10)9-8(11)12-6;1-3-2;2*1-2/h3-4,6H,1H2,2H3,(H,9,10,11);3H,1H2,2H3;2*1-2H3/b5-4+;;;. The van der Waals surface area contributed by atoms with Crippen molar-refractivity contribution in [3.63, 3.8) is 0 Å². The van der Waals surface area contributed by atoms with E-state index < -0.39 is 0 Å². The third kappa shape index (κ3) is 11.5. The molecule has 3 nitrogen and oxygen atoms in total. The fourth-order valence-electron chi connectivity index (χ4n) is 0.929. The number of thioether (sulfide) groups is 1. The minimum absolute atomic E-state index is 0.236. The Balaban J connectivity index is -0.000000313. The predicted octanol–water partition coefficient (Wildman–Crippen LogP) is 4.72. The molecule has 1 N–H and O–H groups in total. The summed E-state index contributed by atoms with van der Waals surface area (Å²) >= 11 is 1.01. The van der Waals surface area contributed by atoms with Gasteiger partial charge >= 0.3 is 0 Å². The van der Waals surface area contributed by atoms with Crippen molar-refractivity contribution in [2.75, 3.05) is 0 Å². The molecule has 0 saturated carbocycles. The average Bonchev–Trinajstić information content (AvgIpc) is 2.75. The second kappa shape index (κ2) is 16.7. The van der Waals surface area contributed by atoms with Crippen molar-refractivity contribution in [3.05, 3.63) is 37.0 Å². The van der Waals surface area contributed by atoms with Crippen molar-refractivity contribution in [1.82, 2.24) is 5.32 Å². The van der Waals surface area contributed by atoms with Gasteiger partial charge in [-0.1, -0.05) is 58.1 Å². The molecule has 0 aromatic heterocycles. The summed E-state index contributed by atoms with van der Waals surface area (Å²) in [7, 11) is 0. The van der Waals surface area contributed by atoms with Crippen LogP contribution in [0.2, 0.25) is 0 Å². The van der Waals surface area contributed by atoms with Gasteiger partial charge in [0.2, 0.25) is 5.91 Å². The molecule has 0 radical (unpaired) electrons. The van der Waals surface area contributed by atoms with Gasteiger partial charge in [-0.15, -0.1) is 6.58 Å². The van der Waals surface area contributed by atoms with Crippen LogP contribution in [-0.2, 0) is 4.79 Å². The van der Waals surface area contributed by atoms with Gasteiger partial charge in [-0.05, 0) is 25.6 Å². The summed E-state index contributed by atoms with van der Waals surface area (Å²) in [4.78, 5) is 21.8. The first-order valence-electron chi connectivity index (χ1n) is 6.44. The normalized spacial score (nSPS) is 16.5. The Kier molecular flexibility index (Phi) is 20.1. The molecule has 1 rings (SSSR count). The van der Waals surface area contributed by atoms with Crippen LogP contribution in [0.3, 0.4) is 0 Å². The van der Waals surface area contributed by atoms with E-state index in [9.17, 15) is 9.59 Å². The van der Waals surface area contributed by atoms with E-state index in [-0.39, 0.29) is 16.4 Å². The molecule has 1 heterocycles. The highest BCUT2D eigenvalue weighted by atomic mass is 32.2. The molecular weight excluding hydrogens is 258 g/mol. The van der Waals surface area contributed by atoms with Crippen LogP contribution < -0.4 is 5.32 Å². The largest absolute Gasteiger partial charge is 0.286 e. The van der Waals surface area contributed by atoms with Gasteiger partial charge in [-0.25, -0.2) is 0 Å². The Labute approximate surface area is 122 Å². The van der Waals surface area contributed by atoms with Crippen molar-refractivity contribution in [1.29, 1.82) is 0 Å². The topological polar surface area (TPSA) is 46.2 Å². The molecule has 1 saturated heterocycles. The van der Waals surface area contributed by atoms with Gasteiger partial charge < -0.3 is 0 Å². The summed E-state index contributed by atoms with van der Waals surface area (Å²) in [6.45, 7) is 18.6. The monoisotopic (exact) mass is 285 g/mol. The summed E-state index contributed by atoms with van der Waals surface area (Å²) in [5.74, 6) is -0.236. The van der Waals surface area contributed by atoms with E-state index in [0.717, 1.165) is 17.3 Å². The van der Waals surface area contributed by atoms with Gasteiger partial charge in [0, 0.05) is 0 Å². The number of amides is 2. The summed E-state index contributed by atoms with van der Waals surface area (Å²) in [6, 6.07) is 0. The Morgan fingerprint density at radius 3 is 1.89 bits per heavy atom. The number of hydrogen-bond donors (Lipinski definition) is 1. The lowest BCUT2D eigenvalue weighted by molar-refractivity contribution is -0.118. The van der Waals surface area contributed by atoms with Crippen LogP contribution in [0.1, 0.15) is 41.5 Å². The molecule has 4 heteroatoms. The van der Waals surface area contributed by atoms with Gasteiger partial charge in [0.05, 0.1) is 0 Å². The van der Waals surface area contributed by atoms with Crippen LogP contribution in [0, 0.1) is 0 Å². The molecule has 2 amide bonds. The van der Waals surface area contributed by atoms with E-state index in [4.69, 9.17) is 0 Å². The quantitative estimate of drug-likeness (QED) is 0.590. The number of hydrogen-bond acceptors (Lipinski definition) is 3. The number of rotatable bonds is 2. The number of allylic oxidation sites excluding steroid dienone is 3. The summed E-state index contributed by atoms with van der Waals surface area (Å²) in [5.41, 5.74) is 0.846. The molecule has 1 atom stereocenters. The molecule has 1 aliphatic heterocycles. The molecule has 0 bridgehead atoms. The van der Waals surface area contributed by atoms with Crippen LogP contribution >= 0.6 is 11.8 Å². The molecule has 0 aromatic rings. The first-order chi connectivity index (χ1) is 9.06. The van der Waals surface area contributed by atoms with Crippen LogP contribution in [0.4, 0.5) is 4.79 Å². The van der Waals surface area contributed by atoms with Gasteiger partial charge in [0.25, 0.3) is 5.24 Å². The summed E-state index contributed by atoms with van der Waals surface area (Å²) in [5, 5.41) is 1.57. The molecule has 0 aliphatic carbocycles. The Hall–Kier alpha value is -1.29. The van der Waals surface area contributed by atoms with E-state index in [1.54, 1.807) is 25.2 Å². The minimum Gasteiger partial charge on any atom is -0.286 e. The van der Waals surface area contributed by atoms with Crippen LogP contribution in [0.15, 0.2) is 37.0 Å². The van der Waals surface area contributed by atoms with Gasteiger partial charge in [0.15, 0.2) is 0 Å². The number of carbonyl (C=O) groups excluding carboxylic acids is 2. The third-order valence-electron chi connectivity index (χ3n) is 1.48. The fourth-order valence-corrected chi connectivity index (χ4v) is 1.73. The van der Waals surface area contributed by atoms with Crippen LogP contribution in [-0.4, -0.2) is 16.4 Å². The van der Waals surface area contributed by atoms with Crippen molar-refractivity contribution in [3.8, 4) is 0 Å². The maximum absolute atomic E-state index is 11.1. The highest BCUT2D eigenvalue weighted by Gasteiger charge is 2.32. The second-order valence-electron chi connectivity index (χ2n) is 2.83. The van der Waals surface area contributed by atoms with E-state index in [0.29, 0.717) is 0 Å². The van der Waals surface area contributed by atoms with Crippen LogP contribution in [0.25, 0.3) is 0 Å². The summed E-state index contributed by atoms with van der Waals surface area (Å²) < 4.78 is 0. The van der Waals surface area contributed by atoms with Crippen LogP contribution in [0.5, 0.6) is 0 Å². The first-order valence-corrected chi connectivity index (χ1v) is 7.32. The molecular formula is C15H27NO2S. The smallest absolute Gasteiger partial charge is 0.286 e. The Morgan fingerprint density at radius 2 is 1.63 bits per heavy atom. The number of carbonyl (C=O) groups is 2. The molecule has 1 fully saturated rings. The zero-order valence-electron chi connectivity index (χ0n) is 12.9. The van der Waals surface area contributed by atoms with Crippen molar-refractivity contribution in [2.45, 2.75) is 46.8 Å². The highest BCUT2D eigenvalue weighted by Crippen LogP contribution is 2.25. The SMILES string of the molecule is C=C/C=C(\C)C1SC(=O)NC1=O.C=CC.CC.CC. The maximum atomic E-state index is 11.1. The van der Waals surface area contributed by atoms with Crippen molar-refractivity contribution in [2.24, 2.45) is 0 Å². The highest BCUT2D eigenvalue weighted by molar-refractivity contribution is 8.15. The van der Waals surface area contributed by atoms with Gasteiger partial charge in [-0.3, -0.25) is 14.9 Å². The second-order valence-corrected chi connectivity index (χ2v) is 3.91. The lowest BCUT2D eigenvalue weighted by Crippen LogP contribution is -2.24. The number of imide groups is 1. The predicted molar refractivity (Wildman–Crippen MR) is 87.4 cm³/mol. The maximum Gasteiger partial charge on any atom is 0.286 e. The molecule has 1 unspecified atom stereocenters. The molecule has 0 spiro atoms. The Morgan fingerprint density at radius 1 is 1.21 bits per heavy atom. The molecule has 19 heavy (non-hydrogen) atoms. The average molecular weight is 285 g/mol. The zero-order valence-corrected chi connectivity index (χ0v) is 13.8. The van der Waals surface area contributed by atoms with Gasteiger partial charge in [0.1, 0.15) is 5.25 Å². The first kappa shape index (κ1) is 22.9. The minimum atomic E-state index is -0.365. The van der Waals surface area contributed by atoms with Crippen molar-refractivity contribution < 1.29 is 9.59 Å². The molecule has 110 valence electrons. The summed E-state index contributed by atoms with van der Waals surface area (Å²) in [6.07, 6.45) is 5.09. The molecule has 0 aromatic carbocycles. The van der Waals surface area contributed by atoms with E-state index in [2.05, 4.69) is 18.5 Å². The van der Waals surface area contributed by atoms with E-state index in [1.165, 1.54) is 0 Å². The lowest BCUT2D eigenvalue weighted by atomic mass is 10.2. The molecule has 1 aliphatic rings. The van der Waals surface area contributed by atoms with E-state index in [1.807, 2.05) is 34.6 Å². The van der Waals surface area contributed by atoms with Gasteiger partial charge in [-0.2, -0.15) is 0 Å². The van der Waals surface area contributed by atoms with Crippen molar-refractivity contribution >= 4 is 22.9 Å². The van der Waals surface area contributed by atoms with E-state index >= 15 is 0 Å².